The van der Waals surface area contributed by atoms with Crippen molar-refractivity contribution in [3.05, 3.63) is 24.3 Å². The number of halogens is 2. The van der Waals surface area contributed by atoms with Gasteiger partial charge in [0.15, 0.2) is 0 Å². The number of nitrogens with one attached hydrogen (secondary N) is 1. The van der Waals surface area contributed by atoms with E-state index in [1.165, 1.54) is 0 Å². The fraction of sp³-hybridized carbons (Fsp3) is 0.400. The SMILES string of the molecule is FC(F)COCCc1nc2ccncc2[nH]1. The Hall–Kier alpha value is -1.56. The van der Waals surface area contributed by atoms with Crippen LogP contribution in [-0.4, -0.2) is 34.6 Å². The first-order valence-corrected chi connectivity index (χ1v) is 4.90. The summed E-state index contributed by atoms with van der Waals surface area (Å²) in [6.45, 7) is -0.292. The summed E-state index contributed by atoms with van der Waals surface area (Å²) in [5, 5.41) is 0. The molecule has 0 bridgehead atoms. The molecule has 2 aromatic rings. The Kier molecular flexibility index (Phi) is 3.40. The van der Waals surface area contributed by atoms with Crippen LogP contribution in [0.15, 0.2) is 18.5 Å². The van der Waals surface area contributed by atoms with Crippen molar-refractivity contribution in [2.24, 2.45) is 0 Å². The predicted octanol–water partition coefficient (Wildman–Crippen LogP) is 1.78. The molecule has 6 heteroatoms. The molecular weight excluding hydrogens is 216 g/mol. The van der Waals surface area contributed by atoms with Gasteiger partial charge in [0.1, 0.15) is 12.4 Å². The molecule has 0 spiro atoms. The van der Waals surface area contributed by atoms with Gasteiger partial charge in [-0.15, -0.1) is 0 Å². The minimum absolute atomic E-state index is 0.234. The topological polar surface area (TPSA) is 50.8 Å². The van der Waals surface area contributed by atoms with Gasteiger partial charge >= 0.3 is 0 Å². The number of hydrogen-bond donors (Lipinski definition) is 1. The number of pyridine rings is 1. The zero-order valence-corrected chi connectivity index (χ0v) is 8.49. The van der Waals surface area contributed by atoms with Crippen LogP contribution in [0.1, 0.15) is 5.82 Å². The Bertz CT molecular complexity index is 425. The van der Waals surface area contributed by atoms with Gasteiger partial charge in [0.05, 0.1) is 23.8 Å². The lowest BCUT2D eigenvalue weighted by molar-refractivity contribution is 0.0183. The molecular formula is C10H11F2N3O. The van der Waals surface area contributed by atoms with Crippen molar-refractivity contribution in [2.45, 2.75) is 12.8 Å². The van der Waals surface area contributed by atoms with Crippen LogP contribution in [0.2, 0.25) is 0 Å². The average molecular weight is 227 g/mol. The molecule has 0 unspecified atom stereocenters. The molecule has 1 N–H and O–H groups in total. The molecule has 2 aromatic heterocycles. The Morgan fingerprint density at radius 1 is 1.44 bits per heavy atom. The van der Waals surface area contributed by atoms with Gasteiger partial charge in [-0.05, 0) is 6.07 Å². The molecule has 0 radical (unpaired) electrons. The van der Waals surface area contributed by atoms with Crippen molar-refractivity contribution in [1.29, 1.82) is 0 Å². The van der Waals surface area contributed by atoms with Gasteiger partial charge in [-0.2, -0.15) is 0 Å². The highest BCUT2D eigenvalue weighted by molar-refractivity contribution is 5.73. The fourth-order valence-corrected chi connectivity index (χ4v) is 1.37. The lowest BCUT2D eigenvalue weighted by atomic mass is 10.4. The van der Waals surface area contributed by atoms with E-state index >= 15 is 0 Å². The van der Waals surface area contributed by atoms with E-state index in [1.54, 1.807) is 18.5 Å². The molecule has 0 aliphatic rings. The quantitative estimate of drug-likeness (QED) is 0.792. The third-order valence-corrected chi connectivity index (χ3v) is 2.06. The van der Waals surface area contributed by atoms with E-state index < -0.39 is 13.0 Å². The van der Waals surface area contributed by atoms with Gasteiger partial charge in [0, 0.05) is 12.6 Å². The molecule has 0 aliphatic heterocycles. The Morgan fingerprint density at radius 2 is 2.31 bits per heavy atom. The summed E-state index contributed by atoms with van der Waals surface area (Å²) >= 11 is 0. The number of H-pyrrole nitrogens is 1. The van der Waals surface area contributed by atoms with Crippen molar-refractivity contribution in [1.82, 2.24) is 15.0 Å². The molecule has 86 valence electrons. The summed E-state index contributed by atoms with van der Waals surface area (Å²) in [6, 6.07) is 1.79. The highest BCUT2D eigenvalue weighted by Gasteiger charge is 2.04. The first-order chi connectivity index (χ1) is 7.75. The molecule has 0 saturated carbocycles. The second-order valence-corrected chi connectivity index (χ2v) is 3.29. The van der Waals surface area contributed by atoms with E-state index in [2.05, 4.69) is 15.0 Å². The van der Waals surface area contributed by atoms with Crippen LogP contribution in [0, 0.1) is 0 Å². The van der Waals surface area contributed by atoms with E-state index in [1.807, 2.05) is 0 Å². The van der Waals surface area contributed by atoms with Crippen LogP contribution < -0.4 is 0 Å². The summed E-state index contributed by atoms with van der Waals surface area (Å²) < 4.78 is 28.3. The highest BCUT2D eigenvalue weighted by atomic mass is 19.3. The number of hydrogen-bond acceptors (Lipinski definition) is 3. The van der Waals surface area contributed by atoms with Gasteiger partial charge in [-0.3, -0.25) is 4.98 Å². The van der Waals surface area contributed by atoms with Crippen LogP contribution in [-0.2, 0) is 11.2 Å². The number of ether oxygens (including phenoxy) is 1. The number of fused-ring (bicyclic) bond motifs is 1. The second-order valence-electron chi connectivity index (χ2n) is 3.29. The molecule has 16 heavy (non-hydrogen) atoms. The third kappa shape index (κ3) is 2.73. The maximum atomic E-state index is 11.8. The van der Waals surface area contributed by atoms with Crippen LogP contribution in [0.5, 0.6) is 0 Å². The van der Waals surface area contributed by atoms with Gasteiger partial charge in [0.25, 0.3) is 6.43 Å². The largest absolute Gasteiger partial charge is 0.375 e. The minimum Gasteiger partial charge on any atom is -0.375 e. The summed E-state index contributed by atoms with van der Waals surface area (Å²) in [4.78, 5) is 11.3. The summed E-state index contributed by atoms with van der Waals surface area (Å²) in [6.07, 6.45) is 1.40. The number of imidazole rings is 1. The van der Waals surface area contributed by atoms with Gasteiger partial charge in [-0.1, -0.05) is 0 Å². The Balaban J connectivity index is 1.89. The summed E-state index contributed by atoms with van der Waals surface area (Å²) in [7, 11) is 0. The first-order valence-electron chi connectivity index (χ1n) is 4.90. The number of aromatic nitrogens is 3. The van der Waals surface area contributed by atoms with Crippen molar-refractivity contribution in [3.8, 4) is 0 Å². The summed E-state index contributed by atoms with van der Waals surface area (Å²) in [5.74, 6) is 0.720. The molecule has 0 aromatic carbocycles. The van der Waals surface area contributed by atoms with E-state index in [0.717, 1.165) is 16.9 Å². The van der Waals surface area contributed by atoms with Crippen molar-refractivity contribution >= 4 is 11.0 Å². The third-order valence-electron chi connectivity index (χ3n) is 2.06. The van der Waals surface area contributed by atoms with Crippen LogP contribution in [0.3, 0.4) is 0 Å². The van der Waals surface area contributed by atoms with E-state index in [4.69, 9.17) is 4.74 Å². The molecule has 0 amide bonds. The maximum absolute atomic E-state index is 11.8. The van der Waals surface area contributed by atoms with Gasteiger partial charge in [-0.25, -0.2) is 13.8 Å². The number of rotatable bonds is 5. The van der Waals surface area contributed by atoms with E-state index in [0.29, 0.717) is 6.42 Å². The normalized spacial score (nSPS) is 11.4. The lowest BCUT2D eigenvalue weighted by Crippen LogP contribution is -2.07. The molecule has 0 fully saturated rings. The van der Waals surface area contributed by atoms with Gasteiger partial charge < -0.3 is 9.72 Å². The van der Waals surface area contributed by atoms with Crippen molar-refractivity contribution in [2.75, 3.05) is 13.2 Å². The molecule has 0 atom stereocenters. The lowest BCUT2D eigenvalue weighted by Gasteiger charge is -2.00. The number of alkyl halides is 2. The molecule has 0 saturated heterocycles. The van der Waals surface area contributed by atoms with E-state index in [-0.39, 0.29) is 6.61 Å². The standard InChI is InChI=1S/C10H11F2N3O/c11-9(12)6-16-4-2-10-14-7-1-3-13-5-8(7)15-10/h1,3,5,9H,2,4,6H2,(H,14,15). The predicted molar refractivity (Wildman–Crippen MR) is 54.4 cm³/mol. The van der Waals surface area contributed by atoms with E-state index in [9.17, 15) is 8.78 Å². The number of nitrogens with zero attached hydrogens (tertiary/aromatic N) is 2. The van der Waals surface area contributed by atoms with Crippen LogP contribution >= 0.6 is 0 Å². The summed E-state index contributed by atoms with van der Waals surface area (Å²) in [5.41, 5.74) is 1.66. The zero-order valence-electron chi connectivity index (χ0n) is 8.49. The second kappa shape index (κ2) is 4.98. The van der Waals surface area contributed by atoms with Crippen molar-refractivity contribution < 1.29 is 13.5 Å². The van der Waals surface area contributed by atoms with Crippen LogP contribution in [0.4, 0.5) is 8.78 Å². The average Bonchev–Trinajstić information content (AvgIpc) is 2.66. The molecule has 4 nitrogen and oxygen atoms in total. The maximum Gasteiger partial charge on any atom is 0.261 e. The Morgan fingerprint density at radius 3 is 3.06 bits per heavy atom. The van der Waals surface area contributed by atoms with Crippen LogP contribution in [0.25, 0.3) is 11.0 Å². The monoisotopic (exact) mass is 227 g/mol. The smallest absolute Gasteiger partial charge is 0.261 e. The molecule has 2 heterocycles. The number of aromatic amines is 1. The van der Waals surface area contributed by atoms with Crippen molar-refractivity contribution in [3.63, 3.8) is 0 Å². The zero-order chi connectivity index (χ0) is 11.4. The highest BCUT2D eigenvalue weighted by Crippen LogP contribution is 2.09. The van der Waals surface area contributed by atoms with Gasteiger partial charge in [0.2, 0.25) is 0 Å². The molecule has 2 rings (SSSR count). The minimum atomic E-state index is -2.42. The Labute approximate surface area is 90.7 Å². The molecule has 0 aliphatic carbocycles. The first kappa shape index (κ1) is 10.9. The fourth-order valence-electron chi connectivity index (χ4n) is 1.37.